The van der Waals surface area contributed by atoms with E-state index in [1.54, 1.807) is 7.05 Å². The molecule has 5 aliphatic rings. The molecule has 5 atom stereocenters. The zero-order valence-corrected chi connectivity index (χ0v) is 31.9. The van der Waals surface area contributed by atoms with Gasteiger partial charge in [0.15, 0.2) is 0 Å². The number of rotatable bonds is 15. The predicted octanol–water partition coefficient (Wildman–Crippen LogP) is 2.69. The summed E-state index contributed by atoms with van der Waals surface area (Å²) < 4.78 is 28.3. The Morgan fingerprint density at radius 2 is 1.60 bits per heavy atom. The van der Waals surface area contributed by atoms with Crippen molar-refractivity contribution in [2.24, 2.45) is 28.6 Å². The van der Waals surface area contributed by atoms with Gasteiger partial charge in [-0.1, -0.05) is 67.2 Å². The molecular weight excluding hydrogens is 660 g/mol. The molecule has 0 aromatic rings. The van der Waals surface area contributed by atoms with Crippen LogP contribution in [-0.2, 0) is 29.2 Å². The summed E-state index contributed by atoms with van der Waals surface area (Å²) in [5, 5.41) is 11.5. The van der Waals surface area contributed by atoms with Crippen LogP contribution in [0.15, 0.2) is 0 Å². The minimum atomic E-state index is -3.64. The number of nitrogens with one attached hydrogen (secondary N) is 4. The Hall–Kier alpha value is -2.74. The van der Waals surface area contributed by atoms with Crippen LogP contribution in [0.3, 0.4) is 0 Å². The number of hydrogen-bond donors (Lipinski definition) is 4. The molecule has 282 valence electrons. The Morgan fingerprint density at radius 1 is 0.960 bits per heavy atom. The Morgan fingerprint density at radius 3 is 2.16 bits per heavy atom. The van der Waals surface area contributed by atoms with Crippen molar-refractivity contribution < 1.29 is 32.4 Å². The van der Waals surface area contributed by atoms with Crippen molar-refractivity contribution in [3.05, 3.63) is 0 Å². The van der Waals surface area contributed by atoms with E-state index in [1.807, 2.05) is 27.7 Å². The molecule has 14 heteroatoms. The summed E-state index contributed by atoms with van der Waals surface area (Å²) in [7, 11) is -2.03. The number of carbonyl (C=O) groups excluding carboxylic acids is 5. The topological polar surface area (TPSA) is 174 Å². The lowest BCUT2D eigenvalue weighted by Gasteiger charge is -2.41. The lowest BCUT2D eigenvalue weighted by atomic mass is 9.83. The van der Waals surface area contributed by atoms with Crippen LogP contribution in [0.4, 0.5) is 4.79 Å². The monoisotopic (exact) mass is 720 g/mol. The van der Waals surface area contributed by atoms with Gasteiger partial charge in [-0.25, -0.2) is 17.5 Å². The number of carbonyl (C=O) groups is 5. The van der Waals surface area contributed by atoms with E-state index in [9.17, 15) is 32.4 Å². The van der Waals surface area contributed by atoms with Crippen LogP contribution in [0.1, 0.15) is 112 Å². The lowest BCUT2D eigenvalue weighted by molar-refractivity contribution is -0.145. The highest BCUT2D eigenvalue weighted by Gasteiger charge is 2.70. The SMILES string of the molecule is CCC[C@H](NC(=O)[C@@H]1[C@@H]2[C@H](CN1C(=O)[C@@H](NC(=O)NC1(CS(=O)(=O)N(C)CC3CC3)CCCCC1)C(C)(C)C)C2(C)C)C(=O)C(=O)NC1CC1. The standard InChI is InChI=1S/C36H60N6O7S/c1-8-12-25(28(43)31(45)37-23-15-16-23)38-30(44)27-26-24(35(26,5)6)20-42(27)32(46)29(34(2,3)4)39-33(47)40-36(17-10-9-11-18-36)21-50(48,49)41(7)19-22-13-14-22/h22-27,29H,8-21H2,1-7H3,(H,37,45)(H,38,44)(H2,39,40,47)/t24-,25-,26-,27-,29+/m0/s1. The zero-order chi connectivity index (χ0) is 36.8. The van der Waals surface area contributed by atoms with Crippen LogP contribution in [0.2, 0.25) is 0 Å². The average Bonchev–Trinajstić information content (AvgIpc) is 3.98. The second-order valence-corrected chi connectivity index (χ2v) is 19.6. The number of hydrogen-bond acceptors (Lipinski definition) is 7. The molecule has 0 radical (unpaired) electrons. The van der Waals surface area contributed by atoms with E-state index >= 15 is 0 Å². The summed E-state index contributed by atoms with van der Waals surface area (Å²) in [4.78, 5) is 69.6. The van der Waals surface area contributed by atoms with Crippen molar-refractivity contribution in [3.63, 3.8) is 0 Å². The highest BCUT2D eigenvalue weighted by Crippen LogP contribution is 2.65. The molecule has 0 spiro atoms. The van der Waals surface area contributed by atoms with Crippen molar-refractivity contribution in [1.29, 1.82) is 0 Å². The Bertz CT molecular complexity index is 1440. The number of Topliss-reactive ketones (excluding diaryl/α,β-unsaturated/α-hetero) is 1. The Labute approximate surface area is 298 Å². The van der Waals surface area contributed by atoms with Crippen LogP contribution in [-0.4, -0.2) is 103 Å². The summed E-state index contributed by atoms with van der Waals surface area (Å²) >= 11 is 0. The molecule has 0 bridgehead atoms. The van der Waals surface area contributed by atoms with Crippen molar-refractivity contribution in [2.75, 3.05) is 25.9 Å². The first-order valence-corrected chi connectivity index (χ1v) is 20.4. The second-order valence-electron chi connectivity index (χ2n) is 17.6. The molecule has 13 nitrogen and oxygen atoms in total. The summed E-state index contributed by atoms with van der Waals surface area (Å²) in [6.45, 7) is 12.3. The van der Waals surface area contributed by atoms with E-state index in [4.69, 9.17) is 0 Å². The fourth-order valence-corrected chi connectivity index (χ4v) is 9.98. The molecule has 50 heavy (non-hydrogen) atoms. The summed E-state index contributed by atoms with van der Waals surface area (Å²) in [6.07, 6.45) is 8.17. The third-order valence-corrected chi connectivity index (χ3v) is 13.8. The van der Waals surface area contributed by atoms with E-state index in [0.717, 1.165) is 44.9 Å². The number of piperidine rings is 1. The minimum Gasteiger partial charge on any atom is -0.347 e. The first-order chi connectivity index (χ1) is 23.3. The van der Waals surface area contributed by atoms with E-state index in [0.29, 0.717) is 44.7 Å². The van der Waals surface area contributed by atoms with Crippen LogP contribution in [0.25, 0.3) is 0 Å². The predicted molar refractivity (Wildman–Crippen MR) is 189 cm³/mol. The maximum Gasteiger partial charge on any atom is 0.315 e. The van der Waals surface area contributed by atoms with Gasteiger partial charge in [0.1, 0.15) is 12.1 Å². The fourth-order valence-electron chi connectivity index (χ4n) is 8.26. The van der Waals surface area contributed by atoms with Crippen molar-refractivity contribution in [1.82, 2.24) is 30.5 Å². The van der Waals surface area contributed by atoms with Crippen molar-refractivity contribution in [3.8, 4) is 0 Å². The second kappa shape index (κ2) is 14.4. The number of sulfonamides is 1. The van der Waals surface area contributed by atoms with Gasteiger partial charge in [-0.15, -0.1) is 0 Å². The van der Waals surface area contributed by atoms with Gasteiger partial charge in [0.25, 0.3) is 5.91 Å². The number of urea groups is 1. The summed E-state index contributed by atoms with van der Waals surface area (Å²) in [5.41, 5.74) is -1.91. The third-order valence-electron chi connectivity index (χ3n) is 11.8. The molecule has 1 aliphatic heterocycles. The fraction of sp³-hybridized carbons (Fsp3) is 0.861. The summed E-state index contributed by atoms with van der Waals surface area (Å²) in [5.74, 6) is -2.13. The highest BCUT2D eigenvalue weighted by molar-refractivity contribution is 7.89. The molecule has 0 aromatic heterocycles. The molecule has 0 unspecified atom stereocenters. The van der Waals surface area contributed by atoms with Crippen LogP contribution < -0.4 is 21.3 Å². The smallest absolute Gasteiger partial charge is 0.315 e. The number of fused-ring (bicyclic) bond motifs is 1. The average molecular weight is 721 g/mol. The zero-order valence-electron chi connectivity index (χ0n) is 31.1. The molecule has 4 N–H and O–H groups in total. The molecule has 5 rings (SSSR count). The number of ketones is 1. The van der Waals surface area contributed by atoms with Gasteiger partial charge >= 0.3 is 6.03 Å². The third kappa shape index (κ3) is 8.65. The largest absolute Gasteiger partial charge is 0.347 e. The molecule has 4 saturated carbocycles. The maximum absolute atomic E-state index is 14.5. The maximum atomic E-state index is 14.5. The number of likely N-dealkylation sites (tertiary alicyclic amines) is 1. The van der Waals surface area contributed by atoms with Gasteiger partial charge in [0.05, 0.1) is 17.3 Å². The van der Waals surface area contributed by atoms with Gasteiger partial charge in [-0.3, -0.25) is 19.2 Å². The van der Waals surface area contributed by atoms with E-state index in [1.165, 1.54) is 9.21 Å². The van der Waals surface area contributed by atoms with Gasteiger partial charge < -0.3 is 26.2 Å². The first kappa shape index (κ1) is 38.5. The van der Waals surface area contributed by atoms with Gasteiger partial charge in [0.2, 0.25) is 27.6 Å². The van der Waals surface area contributed by atoms with Gasteiger partial charge in [-0.05, 0) is 73.5 Å². The highest BCUT2D eigenvalue weighted by atomic mass is 32.2. The van der Waals surface area contributed by atoms with Gasteiger partial charge in [-0.2, -0.15) is 0 Å². The number of nitrogens with zero attached hydrogens (tertiary/aromatic N) is 2. The molecule has 1 saturated heterocycles. The van der Waals surface area contributed by atoms with Crippen LogP contribution in [0, 0.1) is 28.6 Å². The lowest BCUT2D eigenvalue weighted by Crippen LogP contribution is -2.64. The summed E-state index contributed by atoms with van der Waals surface area (Å²) in [6, 6.07) is -3.50. The van der Waals surface area contributed by atoms with Crippen molar-refractivity contribution >= 4 is 39.6 Å². The molecule has 5 amide bonds. The normalized spacial score (nSPS) is 26.7. The van der Waals surface area contributed by atoms with Gasteiger partial charge in [0, 0.05) is 26.2 Å². The molecule has 5 fully saturated rings. The Balaban J connectivity index is 1.31. The molecular formula is C36H60N6O7S. The molecule has 4 aliphatic carbocycles. The first-order valence-electron chi connectivity index (χ1n) is 18.8. The van der Waals surface area contributed by atoms with Crippen LogP contribution >= 0.6 is 0 Å². The van der Waals surface area contributed by atoms with E-state index < -0.39 is 68.6 Å². The van der Waals surface area contributed by atoms with E-state index in [2.05, 4.69) is 35.1 Å². The number of amides is 5. The molecule has 0 aromatic carbocycles. The van der Waals surface area contributed by atoms with E-state index in [-0.39, 0.29) is 29.0 Å². The Kier molecular flexibility index (Phi) is 11.0. The van der Waals surface area contributed by atoms with Crippen molar-refractivity contribution in [2.45, 2.75) is 142 Å². The quantitative estimate of drug-likeness (QED) is 0.188. The van der Waals surface area contributed by atoms with Crippen LogP contribution in [0.5, 0.6) is 0 Å². The molecule has 1 heterocycles. The minimum absolute atomic E-state index is 0.00508.